The van der Waals surface area contributed by atoms with Crippen molar-refractivity contribution in [3.8, 4) is 0 Å². The van der Waals surface area contributed by atoms with Crippen molar-refractivity contribution in [2.75, 3.05) is 0 Å². The van der Waals surface area contributed by atoms with E-state index in [1.165, 1.54) is 0 Å². The SMILES string of the molecule is O=C(O)c1cc2c(n(C3CC3)c1=O)CCCC2. The molecule has 1 heterocycles. The summed E-state index contributed by atoms with van der Waals surface area (Å²) in [4.78, 5) is 23.2. The third-order valence-corrected chi connectivity index (χ3v) is 3.68. The van der Waals surface area contributed by atoms with E-state index in [4.69, 9.17) is 5.11 Å². The molecule has 90 valence electrons. The number of hydrogen-bond donors (Lipinski definition) is 1. The summed E-state index contributed by atoms with van der Waals surface area (Å²) in [5, 5.41) is 9.08. The second-order valence-electron chi connectivity index (χ2n) is 4.95. The van der Waals surface area contributed by atoms with E-state index in [-0.39, 0.29) is 17.2 Å². The third kappa shape index (κ3) is 1.68. The first-order chi connectivity index (χ1) is 8.18. The van der Waals surface area contributed by atoms with Gasteiger partial charge < -0.3 is 9.67 Å². The Hall–Kier alpha value is -1.58. The number of rotatable bonds is 2. The van der Waals surface area contributed by atoms with Gasteiger partial charge in [-0.3, -0.25) is 4.79 Å². The molecule has 2 aliphatic rings. The zero-order valence-corrected chi connectivity index (χ0v) is 9.61. The van der Waals surface area contributed by atoms with Crippen molar-refractivity contribution in [1.29, 1.82) is 0 Å². The maximum atomic E-state index is 12.1. The second-order valence-corrected chi connectivity index (χ2v) is 4.95. The summed E-state index contributed by atoms with van der Waals surface area (Å²) in [6.07, 6.45) is 6.04. The molecular formula is C13H15NO3. The van der Waals surface area contributed by atoms with Crippen LogP contribution < -0.4 is 5.56 Å². The van der Waals surface area contributed by atoms with Gasteiger partial charge in [0.1, 0.15) is 5.56 Å². The minimum atomic E-state index is -1.10. The van der Waals surface area contributed by atoms with Gasteiger partial charge in [-0.1, -0.05) is 0 Å². The summed E-state index contributed by atoms with van der Waals surface area (Å²) in [5.41, 5.74) is 1.80. The molecule has 1 aromatic heterocycles. The molecule has 0 aromatic carbocycles. The van der Waals surface area contributed by atoms with Gasteiger partial charge in [0.15, 0.2) is 0 Å². The molecule has 3 rings (SSSR count). The number of aromatic carboxylic acids is 1. The highest BCUT2D eigenvalue weighted by Gasteiger charge is 2.30. The molecule has 1 aromatic rings. The highest BCUT2D eigenvalue weighted by Crippen LogP contribution is 2.36. The molecule has 2 aliphatic carbocycles. The molecule has 0 bridgehead atoms. The zero-order chi connectivity index (χ0) is 12.0. The van der Waals surface area contributed by atoms with Gasteiger partial charge in [-0.2, -0.15) is 0 Å². The fourth-order valence-electron chi connectivity index (χ4n) is 2.70. The van der Waals surface area contributed by atoms with Crippen LogP contribution in [-0.2, 0) is 12.8 Å². The van der Waals surface area contributed by atoms with Gasteiger partial charge in [0, 0.05) is 11.7 Å². The molecular weight excluding hydrogens is 218 g/mol. The van der Waals surface area contributed by atoms with E-state index in [1.807, 2.05) is 0 Å². The highest BCUT2D eigenvalue weighted by molar-refractivity contribution is 5.87. The monoisotopic (exact) mass is 233 g/mol. The number of nitrogens with zero attached hydrogens (tertiary/aromatic N) is 1. The number of carbonyl (C=O) groups is 1. The first-order valence-electron chi connectivity index (χ1n) is 6.19. The first-order valence-corrected chi connectivity index (χ1v) is 6.19. The van der Waals surface area contributed by atoms with E-state index < -0.39 is 5.97 Å². The third-order valence-electron chi connectivity index (χ3n) is 3.68. The van der Waals surface area contributed by atoms with Gasteiger partial charge >= 0.3 is 5.97 Å². The lowest BCUT2D eigenvalue weighted by Gasteiger charge is -2.21. The second kappa shape index (κ2) is 3.72. The number of pyridine rings is 1. The Morgan fingerprint density at radius 1 is 1.29 bits per heavy atom. The molecule has 0 spiro atoms. The van der Waals surface area contributed by atoms with Crippen LogP contribution in [0.4, 0.5) is 0 Å². The summed E-state index contributed by atoms with van der Waals surface area (Å²) in [6.45, 7) is 0. The van der Waals surface area contributed by atoms with Crippen molar-refractivity contribution in [2.24, 2.45) is 0 Å². The zero-order valence-electron chi connectivity index (χ0n) is 9.61. The number of carboxylic acid groups (broad SMARTS) is 1. The molecule has 0 unspecified atom stereocenters. The van der Waals surface area contributed by atoms with Gasteiger partial charge in [-0.05, 0) is 50.2 Å². The lowest BCUT2D eigenvalue weighted by Crippen LogP contribution is -2.30. The van der Waals surface area contributed by atoms with Crippen molar-refractivity contribution in [1.82, 2.24) is 4.57 Å². The minimum Gasteiger partial charge on any atom is -0.477 e. The summed E-state index contributed by atoms with van der Waals surface area (Å²) in [5.74, 6) is -1.10. The van der Waals surface area contributed by atoms with E-state index in [2.05, 4.69) is 0 Å². The van der Waals surface area contributed by atoms with Gasteiger partial charge in [0.25, 0.3) is 5.56 Å². The topological polar surface area (TPSA) is 59.3 Å². The van der Waals surface area contributed by atoms with Crippen LogP contribution in [0.25, 0.3) is 0 Å². The quantitative estimate of drug-likeness (QED) is 0.846. The lowest BCUT2D eigenvalue weighted by atomic mass is 9.94. The molecule has 17 heavy (non-hydrogen) atoms. The molecule has 0 atom stereocenters. The van der Waals surface area contributed by atoms with Crippen LogP contribution in [0.3, 0.4) is 0 Å². The van der Waals surface area contributed by atoms with Crippen LogP contribution in [0.15, 0.2) is 10.9 Å². The Bertz CT molecular complexity index is 540. The lowest BCUT2D eigenvalue weighted by molar-refractivity contribution is 0.0694. The number of aryl methyl sites for hydroxylation is 1. The molecule has 0 aliphatic heterocycles. The van der Waals surface area contributed by atoms with Gasteiger partial charge in [0.05, 0.1) is 0 Å². The Kier molecular flexibility index (Phi) is 2.31. The molecule has 0 saturated heterocycles. The van der Waals surface area contributed by atoms with Gasteiger partial charge in [-0.15, -0.1) is 0 Å². The fraction of sp³-hybridized carbons (Fsp3) is 0.538. The molecule has 4 nitrogen and oxygen atoms in total. The van der Waals surface area contributed by atoms with Crippen LogP contribution in [0.5, 0.6) is 0 Å². The summed E-state index contributed by atoms with van der Waals surface area (Å²) in [6, 6.07) is 1.85. The fourth-order valence-corrected chi connectivity index (χ4v) is 2.70. The van der Waals surface area contributed by atoms with Crippen molar-refractivity contribution in [3.05, 3.63) is 33.2 Å². The predicted molar refractivity (Wildman–Crippen MR) is 62.6 cm³/mol. The van der Waals surface area contributed by atoms with E-state index in [9.17, 15) is 9.59 Å². The molecule has 1 saturated carbocycles. The van der Waals surface area contributed by atoms with Gasteiger partial charge in [-0.25, -0.2) is 4.79 Å². The van der Waals surface area contributed by atoms with Crippen LogP contribution >= 0.6 is 0 Å². The number of fused-ring (bicyclic) bond motifs is 1. The Balaban J connectivity index is 2.25. The van der Waals surface area contributed by atoms with E-state index in [0.29, 0.717) is 0 Å². The Labute approximate surface area is 98.9 Å². The Morgan fingerprint density at radius 2 is 2.00 bits per heavy atom. The number of aromatic nitrogens is 1. The molecule has 1 N–H and O–H groups in total. The maximum absolute atomic E-state index is 12.1. The van der Waals surface area contributed by atoms with Crippen LogP contribution in [0.1, 0.15) is 53.3 Å². The normalized spacial score (nSPS) is 18.8. The van der Waals surface area contributed by atoms with Gasteiger partial charge in [0.2, 0.25) is 0 Å². The van der Waals surface area contributed by atoms with Crippen molar-refractivity contribution < 1.29 is 9.90 Å². The maximum Gasteiger partial charge on any atom is 0.341 e. The van der Waals surface area contributed by atoms with Crippen LogP contribution in [0.2, 0.25) is 0 Å². The smallest absolute Gasteiger partial charge is 0.341 e. The predicted octanol–water partition coefficient (Wildman–Crippen LogP) is 1.76. The van der Waals surface area contributed by atoms with Crippen molar-refractivity contribution in [2.45, 2.75) is 44.6 Å². The van der Waals surface area contributed by atoms with Crippen molar-refractivity contribution in [3.63, 3.8) is 0 Å². The molecule has 0 radical (unpaired) electrons. The molecule has 0 amide bonds. The minimum absolute atomic E-state index is 0.0578. The van der Waals surface area contributed by atoms with E-state index in [1.54, 1.807) is 10.6 Å². The number of carboxylic acids is 1. The summed E-state index contributed by atoms with van der Waals surface area (Å²) >= 11 is 0. The van der Waals surface area contributed by atoms with E-state index in [0.717, 1.165) is 49.8 Å². The largest absolute Gasteiger partial charge is 0.477 e. The van der Waals surface area contributed by atoms with Crippen molar-refractivity contribution >= 4 is 5.97 Å². The summed E-state index contributed by atoms with van der Waals surface area (Å²) in [7, 11) is 0. The molecule has 1 fully saturated rings. The van der Waals surface area contributed by atoms with Crippen LogP contribution in [-0.4, -0.2) is 15.6 Å². The van der Waals surface area contributed by atoms with Crippen LogP contribution in [0, 0.1) is 0 Å². The average molecular weight is 233 g/mol. The first kappa shape index (κ1) is 10.6. The molecule has 4 heteroatoms. The standard InChI is InChI=1S/C13H15NO3/c15-12-10(13(16)17)7-8-3-1-2-4-11(8)14(12)9-5-6-9/h7,9H,1-6H2,(H,16,17). The average Bonchev–Trinajstić information content (AvgIpc) is 3.12. The highest BCUT2D eigenvalue weighted by atomic mass is 16.4. The Morgan fingerprint density at radius 3 is 2.65 bits per heavy atom. The summed E-state index contributed by atoms with van der Waals surface area (Å²) < 4.78 is 1.76. The number of hydrogen-bond acceptors (Lipinski definition) is 2. The van der Waals surface area contributed by atoms with E-state index >= 15 is 0 Å².